The van der Waals surface area contributed by atoms with Gasteiger partial charge in [0.1, 0.15) is 29.1 Å². The molecular formula is C34H32F2N4O5. The largest absolute Gasteiger partial charge is 0.480 e. The van der Waals surface area contributed by atoms with E-state index in [4.69, 9.17) is 9.47 Å². The SMILES string of the molecule is CC(C)(C)OC(=O)NC1CCN(c2c(-c3cc(F)cc(F)c3)cnc3ccc(-c4cccc(C#N)c4OCC(=O)O)cc23)CC1. The van der Waals surface area contributed by atoms with E-state index in [9.17, 15) is 28.7 Å². The first-order valence-electron chi connectivity index (χ1n) is 14.4. The maximum Gasteiger partial charge on any atom is 0.407 e. The summed E-state index contributed by atoms with van der Waals surface area (Å²) >= 11 is 0. The molecule has 0 spiro atoms. The van der Waals surface area contributed by atoms with Crippen LogP contribution in [-0.4, -0.2) is 53.5 Å². The molecule has 3 aromatic carbocycles. The van der Waals surface area contributed by atoms with Crippen LogP contribution in [0.2, 0.25) is 0 Å². The zero-order valence-electron chi connectivity index (χ0n) is 25.1. The highest BCUT2D eigenvalue weighted by Crippen LogP contribution is 2.41. The standard InChI is InChI=1S/C34H32F2N4O5/c1-34(2,3)45-33(43)39-25-9-11-40(12-10-25)31-27-15-20(26-6-4-5-21(17-37)32(26)44-19-30(41)42)7-8-29(27)38-18-28(31)22-13-23(35)16-24(36)14-22/h4-8,13-16,18,25H,9-12,19H2,1-3H3,(H,39,43)(H,41,42). The van der Waals surface area contributed by atoms with E-state index in [1.165, 1.54) is 12.1 Å². The van der Waals surface area contributed by atoms with Crippen molar-refractivity contribution in [3.05, 3.63) is 78.0 Å². The summed E-state index contributed by atoms with van der Waals surface area (Å²) in [7, 11) is 0. The molecule has 0 atom stereocenters. The van der Waals surface area contributed by atoms with Crippen molar-refractivity contribution in [1.82, 2.24) is 10.3 Å². The van der Waals surface area contributed by atoms with Crippen LogP contribution in [0.15, 0.2) is 60.8 Å². The maximum absolute atomic E-state index is 14.4. The number of carboxylic acid groups (broad SMARTS) is 1. The van der Waals surface area contributed by atoms with Gasteiger partial charge < -0.3 is 24.8 Å². The molecule has 1 fully saturated rings. The molecule has 232 valence electrons. The Morgan fingerprint density at radius 2 is 1.76 bits per heavy atom. The molecule has 1 amide bonds. The fourth-order valence-electron chi connectivity index (χ4n) is 5.47. The number of nitriles is 1. The van der Waals surface area contributed by atoms with Gasteiger partial charge in [-0.15, -0.1) is 0 Å². The molecule has 1 aromatic heterocycles. The van der Waals surface area contributed by atoms with Crippen LogP contribution in [0.1, 0.15) is 39.2 Å². The Kier molecular flexibility index (Phi) is 8.86. The second-order valence-corrected chi connectivity index (χ2v) is 11.8. The number of benzene rings is 3. The second kappa shape index (κ2) is 12.8. The van der Waals surface area contributed by atoms with Crippen molar-refractivity contribution in [2.75, 3.05) is 24.6 Å². The first kappa shape index (κ1) is 31.2. The minimum absolute atomic E-state index is 0.127. The van der Waals surface area contributed by atoms with E-state index < -0.39 is 35.9 Å². The minimum Gasteiger partial charge on any atom is -0.480 e. The topological polar surface area (TPSA) is 125 Å². The van der Waals surface area contributed by atoms with Gasteiger partial charge in [-0.2, -0.15) is 5.26 Å². The Bertz CT molecular complexity index is 1790. The van der Waals surface area contributed by atoms with Gasteiger partial charge >= 0.3 is 12.1 Å². The molecular weight excluding hydrogens is 582 g/mol. The van der Waals surface area contributed by atoms with Crippen LogP contribution < -0.4 is 15.0 Å². The van der Waals surface area contributed by atoms with Gasteiger partial charge in [-0.05, 0) is 75.1 Å². The molecule has 0 bridgehead atoms. The number of ether oxygens (including phenoxy) is 2. The molecule has 0 saturated carbocycles. The Balaban J connectivity index is 1.59. The van der Waals surface area contributed by atoms with E-state index in [2.05, 4.69) is 21.3 Å². The van der Waals surface area contributed by atoms with E-state index >= 15 is 0 Å². The zero-order valence-corrected chi connectivity index (χ0v) is 25.1. The highest BCUT2D eigenvalue weighted by atomic mass is 19.1. The van der Waals surface area contributed by atoms with Gasteiger partial charge in [0.25, 0.3) is 0 Å². The second-order valence-electron chi connectivity index (χ2n) is 11.8. The number of carbonyl (C=O) groups excluding carboxylic acids is 1. The maximum atomic E-state index is 14.4. The monoisotopic (exact) mass is 614 g/mol. The predicted molar refractivity (Wildman–Crippen MR) is 165 cm³/mol. The lowest BCUT2D eigenvalue weighted by atomic mass is 9.95. The normalized spacial score (nSPS) is 13.7. The first-order chi connectivity index (χ1) is 21.4. The molecule has 45 heavy (non-hydrogen) atoms. The number of hydrogen-bond acceptors (Lipinski definition) is 7. The van der Waals surface area contributed by atoms with Crippen LogP contribution in [0.3, 0.4) is 0 Å². The molecule has 11 heteroatoms. The van der Waals surface area contributed by atoms with E-state index in [0.29, 0.717) is 64.8 Å². The number of piperidine rings is 1. The third-order valence-corrected chi connectivity index (χ3v) is 7.33. The van der Waals surface area contributed by atoms with Crippen LogP contribution in [0.25, 0.3) is 33.2 Å². The number of nitrogens with one attached hydrogen (secondary N) is 1. The van der Waals surface area contributed by atoms with Gasteiger partial charge in [0.05, 0.1) is 16.8 Å². The van der Waals surface area contributed by atoms with Crippen LogP contribution in [0.4, 0.5) is 19.3 Å². The lowest BCUT2D eigenvalue weighted by Gasteiger charge is -2.36. The number of carbonyl (C=O) groups is 2. The van der Waals surface area contributed by atoms with E-state index in [0.717, 1.165) is 6.07 Å². The van der Waals surface area contributed by atoms with Crippen molar-refractivity contribution in [2.24, 2.45) is 0 Å². The number of hydrogen-bond donors (Lipinski definition) is 2. The van der Waals surface area contributed by atoms with E-state index in [-0.39, 0.29) is 17.4 Å². The summed E-state index contributed by atoms with van der Waals surface area (Å²) in [4.78, 5) is 30.4. The van der Waals surface area contributed by atoms with Crippen molar-refractivity contribution >= 4 is 28.7 Å². The average molecular weight is 615 g/mol. The molecule has 5 rings (SSSR count). The number of alkyl carbamates (subject to hydrolysis) is 1. The number of amides is 1. The molecule has 4 aromatic rings. The first-order valence-corrected chi connectivity index (χ1v) is 14.4. The third-order valence-electron chi connectivity index (χ3n) is 7.33. The summed E-state index contributed by atoms with van der Waals surface area (Å²) in [5.41, 5.74) is 2.84. The number of fused-ring (bicyclic) bond motifs is 1. The quantitative estimate of drug-likeness (QED) is 0.236. The summed E-state index contributed by atoms with van der Waals surface area (Å²) in [6.45, 7) is 5.80. The summed E-state index contributed by atoms with van der Waals surface area (Å²) in [6, 6.07) is 15.6. The number of pyridine rings is 1. The Hall–Kier alpha value is -5.24. The highest BCUT2D eigenvalue weighted by Gasteiger charge is 2.27. The zero-order chi connectivity index (χ0) is 32.3. The Morgan fingerprint density at radius 3 is 2.40 bits per heavy atom. The molecule has 1 aliphatic heterocycles. The van der Waals surface area contributed by atoms with Gasteiger partial charge in [-0.3, -0.25) is 4.98 Å². The molecule has 1 saturated heterocycles. The Labute approximate surface area is 259 Å². The number of halogens is 2. The van der Waals surface area contributed by atoms with Gasteiger partial charge in [0.2, 0.25) is 0 Å². The van der Waals surface area contributed by atoms with Crippen molar-refractivity contribution in [3.8, 4) is 34.1 Å². The number of aliphatic carboxylic acids is 1. The van der Waals surface area contributed by atoms with Gasteiger partial charge in [-0.1, -0.05) is 18.2 Å². The molecule has 0 unspecified atom stereocenters. The summed E-state index contributed by atoms with van der Waals surface area (Å²) in [5, 5.41) is 22.5. The van der Waals surface area contributed by atoms with Crippen molar-refractivity contribution in [1.29, 1.82) is 5.26 Å². The minimum atomic E-state index is -1.18. The lowest BCUT2D eigenvalue weighted by Crippen LogP contribution is -2.46. The number of aromatic nitrogens is 1. The van der Waals surface area contributed by atoms with Crippen LogP contribution in [-0.2, 0) is 9.53 Å². The third kappa shape index (κ3) is 7.29. The summed E-state index contributed by atoms with van der Waals surface area (Å²) in [5.74, 6) is -2.50. The summed E-state index contributed by atoms with van der Waals surface area (Å²) < 4.78 is 39.8. The lowest BCUT2D eigenvalue weighted by molar-refractivity contribution is -0.139. The smallest absolute Gasteiger partial charge is 0.407 e. The number of nitrogens with zero attached hydrogens (tertiary/aromatic N) is 3. The van der Waals surface area contributed by atoms with Gasteiger partial charge in [0, 0.05) is 47.9 Å². The number of rotatable bonds is 7. The number of para-hydroxylation sites is 1. The Morgan fingerprint density at radius 1 is 1.04 bits per heavy atom. The average Bonchev–Trinajstić information content (AvgIpc) is 2.98. The molecule has 0 aliphatic carbocycles. The van der Waals surface area contributed by atoms with Crippen molar-refractivity contribution < 1.29 is 33.0 Å². The molecule has 0 radical (unpaired) electrons. The predicted octanol–water partition coefficient (Wildman–Crippen LogP) is 6.68. The van der Waals surface area contributed by atoms with E-state index in [1.54, 1.807) is 57.3 Å². The van der Waals surface area contributed by atoms with E-state index in [1.807, 2.05) is 6.07 Å². The molecule has 2 heterocycles. The van der Waals surface area contributed by atoms with Gasteiger partial charge in [0.15, 0.2) is 6.61 Å². The fraction of sp³-hybridized carbons (Fsp3) is 0.294. The van der Waals surface area contributed by atoms with Crippen LogP contribution >= 0.6 is 0 Å². The van der Waals surface area contributed by atoms with Crippen LogP contribution in [0, 0.1) is 23.0 Å². The highest BCUT2D eigenvalue weighted by molar-refractivity contribution is 6.02. The molecule has 9 nitrogen and oxygen atoms in total. The van der Waals surface area contributed by atoms with Crippen molar-refractivity contribution in [3.63, 3.8) is 0 Å². The molecule has 1 aliphatic rings. The molecule has 2 N–H and O–H groups in total. The number of anilines is 1. The van der Waals surface area contributed by atoms with Crippen LogP contribution in [0.5, 0.6) is 5.75 Å². The fourth-order valence-corrected chi connectivity index (χ4v) is 5.47. The summed E-state index contributed by atoms with van der Waals surface area (Å²) in [6.07, 6.45) is 2.29. The van der Waals surface area contributed by atoms with Crippen molar-refractivity contribution in [2.45, 2.75) is 45.3 Å². The van der Waals surface area contributed by atoms with Gasteiger partial charge in [-0.25, -0.2) is 18.4 Å². The number of carboxylic acids is 1.